The summed E-state index contributed by atoms with van der Waals surface area (Å²) >= 11 is 0. The van der Waals surface area contributed by atoms with Crippen LogP contribution in [0.1, 0.15) is 36.1 Å². The van der Waals surface area contributed by atoms with Crippen LogP contribution in [-0.4, -0.2) is 4.98 Å². The van der Waals surface area contributed by atoms with Gasteiger partial charge in [-0.3, -0.25) is 0 Å². The van der Waals surface area contributed by atoms with E-state index in [0.29, 0.717) is 5.92 Å². The van der Waals surface area contributed by atoms with Crippen molar-refractivity contribution in [2.24, 2.45) is 13.0 Å². The number of fused-ring (bicyclic) bond motifs is 1. The van der Waals surface area contributed by atoms with Crippen molar-refractivity contribution in [3.63, 3.8) is 0 Å². The van der Waals surface area contributed by atoms with Crippen molar-refractivity contribution >= 4 is 10.9 Å². The van der Waals surface area contributed by atoms with E-state index in [1.54, 1.807) is 0 Å². The summed E-state index contributed by atoms with van der Waals surface area (Å²) in [6.45, 7) is 11.1. The first-order chi connectivity index (χ1) is 11.4. The van der Waals surface area contributed by atoms with Crippen molar-refractivity contribution in [3.05, 3.63) is 58.9 Å². The number of aromatic nitrogens is 2. The smallest absolute Gasteiger partial charge is 0.239 e. The molecule has 0 aliphatic rings. The second kappa shape index (κ2) is 6.35. The van der Waals surface area contributed by atoms with E-state index >= 15 is 0 Å². The first-order valence-electron chi connectivity index (χ1n) is 8.72. The van der Waals surface area contributed by atoms with Crippen molar-refractivity contribution < 1.29 is 4.57 Å². The molecule has 0 saturated carbocycles. The summed E-state index contributed by atoms with van der Waals surface area (Å²) in [6.07, 6.45) is 5.27. The maximum Gasteiger partial charge on any atom is 0.239 e. The molecule has 0 spiro atoms. The van der Waals surface area contributed by atoms with E-state index in [1.807, 2.05) is 6.20 Å². The number of benzene rings is 1. The average Bonchev–Trinajstić information content (AvgIpc) is 2.51. The van der Waals surface area contributed by atoms with Gasteiger partial charge in [0, 0.05) is 17.6 Å². The van der Waals surface area contributed by atoms with Crippen molar-refractivity contribution in [1.82, 2.24) is 4.98 Å². The Morgan fingerprint density at radius 2 is 1.83 bits per heavy atom. The Morgan fingerprint density at radius 3 is 2.54 bits per heavy atom. The second-order valence-electron chi connectivity index (χ2n) is 7.41. The summed E-state index contributed by atoms with van der Waals surface area (Å²) in [5, 5.41) is 1.22. The predicted octanol–water partition coefficient (Wildman–Crippen LogP) is 4.85. The largest absolute Gasteiger partial charge is 0.249 e. The van der Waals surface area contributed by atoms with Gasteiger partial charge in [0.05, 0.1) is 5.56 Å². The number of hydrogen-bond donors (Lipinski definition) is 0. The fraction of sp³-hybridized carbons (Fsp3) is 0.364. The molecule has 2 nitrogen and oxygen atoms in total. The topological polar surface area (TPSA) is 16.8 Å². The molecule has 2 heteroatoms. The number of aryl methyl sites for hydroxylation is 3. The SMILES string of the molecule is Cc1cc(C)c(C)c(-c2c3ncc(CC(C)C)cc3cc[n+]2C)c1. The molecule has 0 bridgehead atoms. The van der Waals surface area contributed by atoms with Gasteiger partial charge in [0.25, 0.3) is 0 Å². The fourth-order valence-corrected chi connectivity index (χ4v) is 3.47. The summed E-state index contributed by atoms with van der Waals surface area (Å²) in [4.78, 5) is 4.85. The quantitative estimate of drug-likeness (QED) is 0.631. The van der Waals surface area contributed by atoms with Crippen molar-refractivity contribution in [1.29, 1.82) is 0 Å². The fourth-order valence-electron chi connectivity index (χ4n) is 3.47. The first kappa shape index (κ1) is 16.6. The van der Waals surface area contributed by atoms with E-state index in [4.69, 9.17) is 4.98 Å². The third-order valence-corrected chi connectivity index (χ3v) is 4.74. The Labute approximate surface area is 145 Å². The number of nitrogens with zero attached hydrogens (tertiary/aromatic N) is 2. The van der Waals surface area contributed by atoms with Crippen LogP contribution >= 0.6 is 0 Å². The molecule has 0 aliphatic carbocycles. The van der Waals surface area contributed by atoms with Crippen LogP contribution < -0.4 is 4.57 Å². The van der Waals surface area contributed by atoms with Gasteiger partial charge < -0.3 is 0 Å². The van der Waals surface area contributed by atoms with Crippen LogP contribution in [0.2, 0.25) is 0 Å². The Kier molecular flexibility index (Phi) is 4.40. The molecule has 0 aliphatic heterocycles. The van der Waals surface area contributed by atoms with E-state index < -0.39 is 0 Å². The third kappa shape index (κ3) is 3.06. The molecular weight excluding hydrogens is 292 g/mol. The van der Waals surface area contributed by atoms with Gasteiger partial charge in [0.1, 0.15) is 12.6 Å². The van der Waals surface area contributed by atoms with Crippen LogP contribution in [-0.2, 0) is 13.5 Å². The van der Waals surface area contributed by atoms with Crippen LogP contribution in [0.3, 0.4) is 0 Å². The summed E-state index contributed by atoms with van der Waals surface area (Å²) in [5.41, 5.74) is 8.84. The van der Waals surface area contributed by atoms with Crippen LogP contribution in [0, 0.1) is 26.7 Å². The molecule has 1 aromatic carbocycles. The maximum atomic E-state index is 4.85. The Balaban J connectivity index is 2.26. The molecule has 2 heterocycles. The van der Waals surface area contributed by atoms with E-state index in [-0.39, 0.29) is 0 Å². The summed E-state index contributed by atoms with van der Waals surface area (Å²) in [6, 6.07) is 9.00. The van der Waals surface area contributed by atoms with Gasteiger partial charge >= 0.3 is 0 Å². The number of hydrogen-bond acceptors (Lipinski definition) is 1. The summed E-state index contributed by atoms with van der Waals surface area (Å²) < 4.78 is 2.19. The lowest BCUT2D eigenvalue weighted by Crippen LogP contribution is -2.31. The molecular formula is C22H27N2+. The number of pyridine rings is 2. The van der Waals surface area contributed by atoms with E-state index in [0.717, 1.165) is 11.9 Å². The number of rotatable bonds is 3. The minimum atomic E-state index is 0.644. The summed E-state index contributed by atoms with van der Waals surface area (Å²) in [5.74, 6) is 0.644. The molecule has 2 aromatic heterocycles. The minimum absolute atomic E-state index is 0.644. The Hall–Kier alpha value is -2.22. The zero-order chi connectivity index (χ0) is 17.4. The molecule has 3 rings (SSSR count). The van der Waals surface area contributed by atoms with Crippen molar-refractivity contribution in [2.75, 3.05) is 0 Å². The first-order valence-corrected chi connectivity index (χ1v) is 8.72. The predicted molar refractivity (Wildman–Crippen MR) is 101 cm³/mol. The van der Waals surface area contributed by atoms with Gasteiger partial charge in [-0.05, 0) is 61.9 Å². The Morgan fingerprint density at radius 1 is 1.08 bits per heavy atom. The van der Waals surface area contributed by atoms with Gasteiger partial charge in [-0.25, -0.2) is 4.98 Å². The van der Waals surface area contributed by atoms with Crippen molar-refractivity contribution in [2.45, 2.75) is 41.0 Å². The molecule has 124 valence electrons. The highest BCUT2D eigenvalue weighted by molar-refractivity contribution is 5.90. The van der Waals surface area contributed by atoms with Crippen LogP contribution in [0.4, 0.5) is 0 Å². The molecule has 0 unspecified atom stereocenters. The molecule has 0 atom stereocenters. The van der Waals surface area contributed by atoms with Gasteiger partial charge in [-0.1, -0.05) is 25.5 Å². The van der Waals surface area contributed by atoms with E-state index in [1.165, 1.54) is 38.9 Å². The van der Waals surface area contributed by atoms with Gasteiger partial charge in [-0.2, -0.15) is 4.57 Å². The van der Waals surface area contributed by atoms with Gasteiger partial charge in [0.15, 0.2) is 6.20 Å². The third-order valence-electron chi connectivity index (χ3n) is 4.74. The zero-order valence-electron chi connectivity index (χ0n) is 15.6. The minimum Gasteiger partial charge on any atom is -0.249 e. The van der Waals surface area contributed by atoms with E-state index in [2.05, 4.69) is 76.7 Å². The molecule has 0 amide bonds. The van der Waals surface area contributed by atoms with Crippen molar-refractivity contribution in [3.8, 4) is 11.3 Å². The lowest BCUT2D eigenvalue weighted by Gasteiger charge is -2.12. The highest BCUT2D eigenvalue weighted by Crippen LogP contribution is 2.29. The zero-order valence-corrected chi connectivity index (χ0v) is 15.6. The maximum absolute atomic E-state index is 4.85. The molecule has 0 saturated heterocycles. The second-order valence-corrected chi connectivity index (χ2v) is 7.41. The Bertz CT molecular complexity index is 907. The monoisotopic (exact) mass is 319 g/mol. The summed E-state index contributed by atoms with van der Waals surface area (Å²) in [7, 11) is 2.11. The van der Waals surface area contributed by atoms with Gasteiger partial charge in [0.2, 0.25) is 5.69 Å². The molecule has 0 radical (unpaired) electrons. The molecule has 0 N–H and O–H groups in total. The lowest BCUT2D eigenvalue weighted by molar-refractivity contribution is -0.659. The molecule has 3 aromatic rings. The van der Waals surface area contributed by atoms with Gasteiger partial charge in [-0.15, -0.1) is 0 Å². The highest BCUT2D eigenvalue weighted by atomic mass is 14.9. The van der Waals surface area contributed by atoms with Crippen LogP contribution in [0.15, 0.2) is 36.7 Å². The lowest BCUT2D eigenvalue weighted by atomic mass is 9.95. The van der Waals surface area contributed by atoms with E-state index in [9.17, 15) is 0 Å². The highest BCUT2D eigenvalue weighted by Gasteiger charge is 2.19. The average molecular weight is 319 g/mol. The molecule has 0 fully saturated rings. The van der Waals surface area contributed by atoms with Crippen LogP contribution in [0.5, 0.6) is 0 Å². The molecule has 24 heavy (non-hydrogen) atoms. The van der Waals surface area contributed by atoms with Crippen LogP contribution in [0.25, 0.3) is 22.2 Å². The normalized spacial score (nSPS) is 11.5. The standard InChI is InChI=1S/C22H27N2/c1-14(2)9-18-12-19-7-8-24(6)22(21(19)23-13-18)20-11-15(3)10-16(4)17(20)5/h7-8,10-14H,9H2,1-6H3/q+1.